The fraction of sp³-hybridized carbons (Fsp3) is 0.545. The molecule has 6 rings (SSSR count). The smallest absolute Gasteiger partial charge is 0.289 e. The summed E-state index contributed by atoms with van der Waals surface area (Å²) in [6.45, 7) is 0.768. The van der Waals surface area contributed by atoms with Gasteiger partial charge in [0.15, 0.2) is 0 Å². The molecule has 1 heterocycles. The maximum Gasteiger partial charge on any atom is 0.289 e. The number of ether oxygens (including phenoxy) is 1. The number of amides is 1. The third kappa shape index (κ3) is 3.13. The predicted molar refractivity (Wildman–Crippen MR) is 101 cm³/mol. The molecule has 27 heavy (non-hydrogen) atoms. The van der Waals surface area contributed by atoms with Crippen LogP contribution in [0, 0.1) is 23.2 Å². The van der Waals surface area contributed by atoms with E-state index in [1.807, 2.05) is 24.3 Å². The zero-order valence-corrected chi connectivity index (χ0v) is 15.7. The molecule has 4 fully saturated rings. The minimum absolute atomic E-state index is 0.160. The zero-order chi connectivity index (χ0) is 18.4. The molecule has 1 N–H and O–H groups in total. The molecule has 5 nitrogen and oxygen atoms in total. The highest BCUT2D eigenvalue weighted by molar-refractivity contribution is 5.92. The third-order valence-corrected chi connectivity index (χ3v) is 6.89. The average Bonchev–Trinajstić information content (AvgIpc) is 3.15. The normalized spacial score (nSPS) is 31.1. The summed E-state index contributed by atoms with van der Waals surface area (Å²) in [6.07, 6.45) is 8.10. The molecule has 0 atom stereocenters. The molecule has 1 aromatic carbocycles. The van der Waals surface area contributed by atoms with Crippen LogP contribution in [-0.4, -0.2) is 24.7 Å². The van der Waals surface area contributed by atoms with E-state index in [-0.39, 0.29) is 11.7 Å². The Hall–Kier alpha value is -2.30. The minimum Gasteiger partial charge on any atom is -0.497 e. The van der Waals surface area contributed by atoms with Gasteiger partial charge in [0, 0.05) is 18.2 Å². The van der Waals surface area contributed by atoms with Gasteiger partial charge in [-0.25, -0.2) is 0 Å². The topological polar surface area (TPSA) is 64.4 Å². The van der Waals surface area contributed by atoms with Crippen LogP contribution in [-0.2, 0) is 0 Å². The van der Waals surface area contributed by atoms with E-state index in [2.05, 4.69) is 10.5 Å². The highest BCUT2D eigenvalue weighted by Gasteiger charge is 2.50. The predicted octanol–water partition coefficient (Wildman–Crippen LogP) is 4.30. The second kappa shape index (κ2) is 6.39. The van der Waals surface area contributed by atoms with Crippen molar-refractivity contribution in [1.82, 2.24) is 10.5 Å². The van der Waals surface area contributed by atoms with Gasteiger partial charge in [0.1, 0.15) is 11.4 Å². The Morgan fingerprint density at radius 2 is 1.89 bits per heavy atom. The Balaban J connectivity index is 1.26. The molecule has 0 radical (unpaired) electrons. The van der Waals surface area contributed by atoms with Gasteiger partial charge in [-0.1, -0.05) is 17.3 Å². The Kier molecular flexibility index (Phi) is 3.99. The molecular formula is C22H26N2O3. The number of nitrogens with one attached hydrogen (secondary N) is 1. The minimum atomic E-state index is -0.160. The highest BCUT2D eigenvalue weighted by atomic mass is 16.5. The van der Waals surface area contributed by atoms with Crippen molar-refractivity contribution in [2.24, 2.45) is 23.2 Å². The molecule has 5 heteroatoms. The van der Waals surface area contributed by atoms with Crippen molar-refractivity contribution in [2.75, 3.05) is 13.7 Å². The van der Waals surface area contributed by atoms with Crippen LogP contribution < -0.4 is 10.1 Å². The largest absolute Gasteiger partial charge is 0.497 e. The van der Waals surface area contributed by atoms with E-state index < -0.39 is 0 Å². The Labute approximate surface area is 159 Å². The third-order valence-electron chi connectivity index (χ3n) is 6.89. The van der Waals surface area contributed by atoms with Crippen LogP contribution in [0.15, 0.2) is 34.9 Å². The molecule has 4 aliphatic carbocycles. The maximum atomic E-state index is 12.6. The molecule has 4 saturated carbocycles. The van der Waals surface area contributed by atoms with Crippen molar-refractivity contribution in [3.63, 3.8) is 0 Å². The van der Waals surface area contributed by atoms with Gasteiger partial charge < -0.3 is 14.6 Å². The van der Waals surface area contributed by atoms with E-state index in [9.17, 15) is 4.79 Å². The number of aromatic nitrogens is 1. The van der Waals surface area contributed by atoms with E-state index in [0.29, 0.717) is 11.1 Å². The monoisotopic (exact) mass is 366 g/mol. The first-order chi connectivity index (χ1) is 13.1. The number of methoxy groups -OCH3 is 1. The average molecular weight is 366 g/mol. The van der Waals surface area contributed by atoms with Gasteiger partial charge in [-0.05, 0) is 73.8 Å². The van der Waals surface area contributed by atoms with Crippen molar-refractivity contribution < 1.29 is 14.1 Å². The molecule has 142 valence electrons. The van der Waals surface area contributed by atoms with Gasteiger partial charge >= 0.3 is 0 Å². The first-order valence-corrected chi connectivity index (χ1v) is 10.0. The summed E-state index contributed by atoms with van der Waals surface area (Å²) in [7, 11) is 1.63. The molecule has 0 unspecified atom stereocenters. The summed E-state index contributed by atoms with van der Waals surface area (Å²) in [5.41, 5.74) is 1.84. The summed E-state index contributed by atoms with van der Waals surface area (Å²) in [5, 5.41) is 7.21. The van der Waals surface area contributed by atoms with Gasteiger partial charge in [-0.2, -0.15) is 0 Å². The molecule has 1 aromatic heterocycles. The van der Waals surface area contributed by atoms with E-state index in [4.69, 9.17) is 9.26 Å². The molecular weight excluding hydrogens is 340 g/mol. The van der Waals surface area contributed by atoms with E-state index in [0.717, 1.165) is 35.6 Å². The molecule has 0 aliphatic heterocycles. The van der Waals surface area contributed by atoms with Crippen LogP contribution in [0.25, 0.3) is 11.3 Å². The second-order valence-electron chi connectivity index (χ2n) is 8.91. The Morgan fingerprint density at radius 3 is 2.56 bits per heavy atom. The zero-order valence-electron chi connectivity index (χ0n) is 15.7. The summed E-state index contributed by atoms with van der Waals surface area (Å²) in [4.78, 5) is 12.6. The molecule has 0 saturated heterocycles. The van der Waals surface area contributed by atoms with Crippen LogP contribution in [0.1, 0.15) is 49.1 Å². The van der Waals surface area contributed by atoms with Gasteiger partial charge in [0.25, 0.3) is 5.91 Å². The number of rotatable bonds is 5. The Morgan fingerprint density at radius 1 is 1.19 bits per heavy atom. The Bertz CT molecular complexity index is 821. The standard InChI is InChI=1S/C22H26N2O3/c1-26-18-4-2-3-17(8-18)19-9-20(27-24-19)21(25)23-13-22-10-14-5-15(11-22)7-16(6-14)12-22/h2-4,8-9,14-16H,5-7,10-13H2,1H3,(H,23,25). The fourth-order valence-electron chi connectivity index (χ4n) is 6.16. The van der Waals surface area contributed by atoms with Gasteiger partial charge in [0.2, 0.25) is 5.76 Å². The number of carbonyl (C=O) groups is 1. The van der Waals surface area contributed by atoms with Crippen molar-refractivity contribution in [1.29, 1.82) is 0 Å². The van der Waals surface area contributed by atoms with Crippen LogP contribution in [0.2, 0.25) is 0 Å². The number of carbonyl (C=O) groups excluding carboxylic acids is 1. The maximum absolute atomic E-state index is 12.6. The van der Waals surface area contributed by atoms with E-state index >= 15 is 0 Å². The van der Waals surface area contributed by atoms with Crippen LogP contribution >= 0.6 is 0 Å². The molecule has 4 bridgehead atoms. The van der Waals surface area contributed by atoms with E-state index in [1.54, 1.807) is 13.2 Å². The van der Waals surface area contributed by atoms with Gasteiger partial charge in [-0.15, -0.1) is 0 Å². The molecule has 4 aliphatic rings. The lowest BCUT2D eigenvalue weighted by atomic mass is 9.49. The summed E-state index contributed by atoms with van der Waals surface area (Å²) < 4.78 is 10.6. The van der Waals surface area contributed by atoms with Crippen molar-refractivity contribution in [3.8, 4) is 17.0 Å². The number of benzene rings is 1. The van der Waals surface area contributed by atoms with Crippen LogP contribution in [0.5, 0.6) is 5.75 Å². The second-order valence-corrected chi connectivity index (χ2v) is 8.91. The number of hydrogen-bond donors (Lipinski definition) is 1. The van der Waals surface area contributed by atoms with Crippen molar-refractivity contribution in [2.45, 2.75) is 38.5 Å². The van der Waals surface area contributed by atoms with Crippen LogP contribution in [0.3, 0.4) is 0 Å². The quantitative estimate of drug-likeness (QED) is 0.857. The highest BCUT2D eigenvalue weighted by Crippen LogP contribution is 2.59. The number of hydrogen-bond acceptors (Lipinski definition) is 4. The van der Waals surface area contributed by atoms with E-state index in [1.165, 1.54) is 38.5 Å². The van der Waals surface area contributed by atoms with Gasteiger partial charge in [0.05, 0.1) is 7.11 Å². The summed E-state index contributed by atoms with van der Waals surface area (Å²) in [5.74, 6) is 3.53. The molecule has 0 spiro atoms. The molecule has 1 amide bonds. The first kappa shape index (κ1) is 16.8. The molecule has 2 aromatic rings. The summed E-state index contributed by atoms with van der Waals surface area (Å²) in [6, 6.07) is 9.30. The first-order valence-electron chi connectivity index (χ1n) is 10.0. The SMILES string of the molecule is COc1cccc(-c2cc(C(=O)NCC34CC5CC(CC(C5)C3)C4)on2)c1. The fourth-order valence-corrected chi connectivity index (χ4v) is 6.16. The number of nitrogens with zero attached hydrogens (tertiary/aromatic N) is 1. The lowest BCUT2D eigenvalue weighted by Crippen LogP contribution is -2.51. The van der Waals surface area contributed by atoms with Crippen LogP contribution in [0.4, 0.5) is 0 Å². The lowest BCUT2D eigenvalue weighted by Gasteiger charge is -2.56. The lowest BCUT2D eigenvalue weighted by molar-refractivity contribution is -0.0504. The van der Waals surface area contributed by atoms with Crippen molar-refractivity contribution >= 4 is 5.91 Å². The van der Waals surface area contributed by atoms with Gasteiger partial charge in [-0.3, -0.25) is 4.79 Å². The summed E-state index contributed by atoms with van der Waals surface area (Å²) >= 11 is 0. The van der Waals surface area contributed by atoms with Crippen molar-refractivity contribution in [3.05, 3.63) is 36.1 Å².